The highest BCUT2D eigenvalue weighted by Gasteiger charge is 2.36. The zero-order valence-corrected chi connectivity index (χ0v) is 16.9. The number of hydrogen-bond acceptors (Lipinski definition) is 7. The van der Waals surface area contributed by atoms with E-state index in [4.69, 9.17) is 4.74 Å². The van der Waals surface area contributed by atoms with Crippen LogP contribution in [-0.4, -0.2) is 32.5 Å². The number of hydrogen-bond donors (Lipinski definition) is 1. The third kappa shape index (κ3) is 3.97. The Hall–Kier alpha value is -4.00. The molecule has 0 atom stereocenters. The molecule has 164 valence electrons. The maximum Gasteiger partial charge on any atom is 0.433 e. The van der Waals surface area contributed by atoms with Crippen LogP contribution >= 0.6 is 11.3 Å². The van der Waals surface area contributed by atoms with Crippen LogP contribution in [-0.2, 0) is 6.18 Å². The third-order valence-corrected chi connectivity index (χ3v) is 5.27. The highest BCUT2D eigenvalue weighted by molar-refractivity contribution is 7.13. The standard InChI is InChI=1S/C19H12F3N5O4S/c1-31-10-4-5-11(14(7-10)27(29)30)24-18(28)13-9-17-23-12(15-3-2-6-32-15)8-16(19(20,21)22)26(17)25-13/h2-9H,1H3,(H,24,28). The molecule has 1 aromatic carbocycles. The molecule has 1 amide bonds. The van der Waals surface area contributed by atoms with E-state index >= 15 is 0 Å². The van der Waals surface area contributed by atoms with E-state index in [2.05, 4.69) is 15.4 Å². The lowest BCUT2D eigenvalue weighted by Gasteiger charge is -2.10. The number of methoxy groups -OCH3 is 1. The van der Waals surface area contributed by atoms with Crippen molar-refractivity contribution in [2.24, 2.45) is 0 Å². The lowest BCUT2D eigenvalue weighted by molar-refractivity contribution is -0.384. The zero-order valence-electron chi connectivity index (χ0n) is 16.1. The summed E-state index contributed by atoms with van der Waals surface area (Å²) in [5.41, 5.74) is -2.23. The summed E-state index contributed by atoms with van der Waals surface area (Å²) < 4.78 is 46.4. The molecular formula is C19H12F3N5O4S. The summed E-state index contributed by atoms with van der Waals surface area (Å²) >= 11 is 1.21. The fourth-order valence-electron chi connectivity index (χ4n) is 2.92. The number of benzene rings is 1. The summed E-state index contributed by atoms with van der Waals surface area (Å²) in [6, 6.07) is 8.98. The van der Waals surface area contributed by atoms with Gasteiger partial charge in [-0.2, -0.15) is 18.3 Å². The maximum atomic E-state index is 13.6. The third-order valence-electron chi connectivity index (χ3n) is 4.37. The van der Waals surface area contributed by atoms with Gasteiger partial charge < -0.3 is 10.1 Å². The van der Waals surface area contributed by atoms with Gasteiger partial charge in [-0.1, -0.05) is 6.07 Å². The number of anilines is 1. The second-order valence-corrected chi connectivity index (χ2v) is 7.34. The Morgan fingerprint density at radius 1 is 1.25 bits per heavy atom. The average molecular weight is 463 g/mol. The Bertz CT molecular complexity index is 1330. The first-order valence-corrected chi connectivity index (χ1v) is 9.71. The number of aromatic nitrogens is 3. The molecule has 0 unspecified atom stereocenters. The number of carbonyl (C=O) groups excluding carboxylic acids is 1. The van der Waals surface area contributed by atoms with Gasteiger partial charge >= 0.3 is 6.18 Å². The van der Waals surface area contributed by atoms with Gasteiger partial charge in [0.1, 0.15) is 11.4 Å². The smallest absolute Gasteiger partial charge is 0.433 e. The van der Waals surface area contributed by atoms with Gasteiger partial charge in [0.25, 0.3) is 11.6 Å². The van der Waals surface area contributed by atoms with Crippen LogP contribution in [0, 0.1) is 10.1 Å². The monoisotopic (exact) mass is 463 g/mol. The topological polar surface area (TPSA) is 112 Å². The fraction of sp³-hybridized carbons (Fsp3) is 0.105. The number of rotatable bonds is 5. The maximum absolute atomic E-state index is 13.6. The summed E-state index contributed by atoms with van der Waals surface area (Å²) in [4.78, 5) is 27.9. The first kappa shape index (κ1) is 21.2. The number of alkyl halides is 3. The normalized spacial score (nSPS) is 11.5. The van der Waals surface area contributed by atoms with Crippen molar-refractivity contribution >= 4 is 34.3 Å². The second-order valence-electron chi connectivity index (χ2n) is 6.40. The Kier molecular flexibility index (Phi) is 5.26. The molecule has 0 saturated carbocycles. The van der Waals surface area contributed by atoms with Crippen LogP contribution < -0.4 is 10.1 Å². The van der Waals surface area contributed by atoms with Crippen molar-refractivity contribution in [3.63, 3.8) is 0 Å². The van der Waals surface area contributed by atoms with Crippen LogP contribution in [0.1, 0.15) is 16.2 Å². The van der Waals surface area contributed by atoms with Gasteiger partial charge in [0, 0.05) is 6.07 Å². The Labute approximate surface area is 181 Å². The highest BCUT2D eigenvalue weighted by atomic mass is 32.1. The van der Waals surface area contributed by atoms with E-state index in [-0.39, 0.29) is 22.8 Å². The average Bonchev–Trinajstić information content (AvgIpc) is 3.42. The van der Waals surface area contributed by atoms with Gasteiger partial charge in [0.15, 0.2) is 17.0 Å². The molecule has 0 aliphatic rings. The molecule has 4 aromatic rings. The summed E-state index contributed by atoms with van der Waals surface area (Å²) in [6.45, 7) is 0. The van der Waals surface area contributed by atoms with Gasteiger partial charge in [-0.15, -0.1) is 11.3 Å². The largest absolute Gasteiger partial charge is 0.496 e. The molecule has 4 rings (SSSR count). The van der Waals surface area contributed by atoms with E-state index in [1.807, 2.05) is 0 Å². The molecule has 0 fully saturated rings. The molecule has 0 bridgehead atoms. The van der Waals surface area contributed by atoms with Gasteiger partial charge in [0.05, 0.1) is 28.7 Å². The van der Waals surface area contributed by atoms with Gasteiger partial charge in [-0.05, 0) is 29.6 Å². The van der Waals surface area contributed by atoms with Crippen LogP contribution in [0.3, 0.4) is 0 Å². The van der Waals surface area contributed by atoms with Gasteiger partial charge in [-0.3, -0.25) is 14.9 Å². The van der Waals surface area contributed by atoms with Crippen molar-refractivity contribution in [2.75, 3.05) is 12.4 Å². The second kappa shape index (κ2) is 7.92. The summed E-state index contributed by atoms with van der Waals surface area (Å²) in [6.07, 6.45) is -4.76. The van der Waals surface area contributed by atoms with Crippen molar-refractivity contribution in [3.8, 4) is 16.3 Å². The quantitative estimate of drug-likeness (QED) is 0.341. The van der Waals surface area contributed by atoms with E-state index < -0.39 is 34.1 Å². The molecule has 1 N–H and O–H groups in total. The molecule has 0 aliphatic carbocycles. The van der Waals surface area contributed by atoms with E-state index in [0.29, 0.717) is 9.39 Å². The van der Waals surface area contributed by atoms with Crippen molar-refractivity contribution in [1.29, 1.82) is 0 Å². The van der Waals surface area contributed by atoms with Crippen molar-refractivity contribution in [3.05, 3.63) is 69.3 Å². The number of amides is 1. The molecule has 32 heavy (non-hydrogen) atoms. The fourth-order valence-corrected chi connectivity index (χ4v) is 3.61. The molecule has 0 saturated heterocycles. The molecule has 3 aromatic heterocycles. The molecule has 0 spiro atoms. The number of halogens is 3. The predicted molar refractivity (Wildman–Crippen MR) is 109 cm³/mol. The van der Waals surface area contributed by atoms with Crippen LogP contribution in [0.25, 0.3) is 16.2 Å². The molecule has 13 heteroatoms. The number of thiophene rings is 1. The summed E-state index contributed by atoms with van der Waals surface area (Å²) in [5.74, 6) is -0.739. The minimum atomic E-state index is -4.76. The zero-order chi connectivity index (χ0) is 23.0. The Morgan fingerprint density at radius 3 is 2.66 bits per heavy atom. The van der Waals surface area contributed by atoms with Gasteiger partial charge in [0.2, 0.25) is 0 Å². The Balaban J connectivity index is 1.76. The number of ether oxygens (including phenoxy) is 1. The van der Waals surface area contributed by atoms with E-state index in [1.54, 1.807) is 17.5 Å². The highest BCUT2D eigenvalue weighted by Crippen LogP contribution is 2.34. The summed E-state index contributed by atoms with van der Waals surface area (Å²) in [5, 5.41) is 19.0. The lowest BCUT2D eigenvalue weighted by Crippen LogP contribution is -2.16. The lowest BCUT2D eigenvalue weighted by atomic mass is 10.2. The molecule has 0 radical (unpaired) electrons. The molecule has 9 nitrogen and oxygen atoms in total. The minimum absolute atomic E-state index is 0.0810. The van der Waals surface area contributed by atoms with E-state index in [9.17, 15) is 28.1 Å². The van der Waals surface area contributed by atoms with Crippen molar-refractivity contribution < 1.29 is 27.6 Å². The van der Waals surface area contributed by atoms with Crippen LogP contribution in [0.4, 0.5) is 24.5 Å². The summed E-state index contributed by atoms with van der Waals surface area (Å²) in [7, 11) is 1.32. The number of nitro groups is 1. The van der Waals surface area contributed by atoms with Crippen LogP contribution in [0.2, 0.25) is 0 Å². The first-order chi connectivity index (χ1) is 15.2. The van der Waals surface area contributed by atoms with Crippen molar-refractivity contribution in [1.82, 2.24) is 14.6 Å². The first-order valence-electron chi connectivity index (χ1n) is 8.83. The predicted octanol–water partition coefficient (Wildman–Crippen LogP) is 4.65. The molecule has 0 aliphatic heterocycles. The minimum Gasteiger partial charge on any atom is -0.496 e. The SMILES string of the molecule is COc1ccc(NC(=O)c2cc3nc(-c4cccs4)cc(C(F)(F)F)n3n2)c([N+](=O)[O-])c1. The number of nitro benzene ring substituents is 1. The van der Waals surface area contributed by atoms with E-state index in [1.165, 1.54) is 30.6 Å². The van der Waals surface area contributed by atoms with E-state index in [0.717, 1.165) is 18.2 Å². The number of carbonyl (C=O) groups is 1. The van der Waals surface area contributed by atoms with Crippen LogP contribution in [0.5, 0.6) is 5.75 Å². The Morgan fingerprint density at radius 2 is 2.03 bits per heavy atom. The van der Waals surface area contributed by atoms with Crippen molar-refractivity contribution in [2.45, 2.75) is 6.18 Å². The number of nitrogens with zero attached hydrogens (tertiary/aromatic N) is 4. The number of fused-ring (bicyclic) bond motifs is 1. The van der Waals surface area contributed by atoms with Gasteiger partial charge in [-0.25, -0.2) is 9.50 Å². The number of nitrogens with one attached hydrogen (secondary N) is 1. The molecular weight excluding hydrogens is 451 g/mol. The molecule has 3 heterocycles. The van der Waals surface area contributed by atoms with Crippen LogP contribution in [0.15, 0.2) is 47.8 Å².